The maximum Gasteiger partial charge on any atom is 0.319 e. The highest BCUT2D eigenvalue weighted by atomic mass is 79.9. The van der Waals surface area contributed by atoms with Gasteiger partial charge in [0.25, 0.3) is 0 Å². The van der Waals surface area contributed by atoms with E-state index in [1.165, 1.54) is 0 Å². The minimum Gasteiger partial charge on any atom is -0.506 e. The second kappa shape index (κ2) is 16.3. The van der Waals surface area contributed by atoms with Gasteiger partial charge in [-0.05, 0) is 82.7 Å². The van der Waals surface area contributed by atoms with Crippen molar-refractivity contribution in [2.24, 2.45) is 0 Å². The molecule has 3 amide bonds. The number of carbonyl (C=O) groups excluding carboxylic acids is 2. The van der Waals surface area contributed by atoms with Crippen molar-refractivity contribution in [1.29, 1.82) is 0 Å². The van der Waals surface area contributed by atoms with Crippen LogP contribution in [0.2, 0.25) is 0 Å². The van der Waals surface area contributed by atoms with Gasteiger partial charge in [-0.2, -0.15) is 0 Å². The van der Waals surface area contributed by atoms with E-state index in [1.54, 1.807) is 6.07 Å². The van der Waals surface area contributed by atoms with Gasteiger partial charge in [0.15, 0.2) is 0 Å². The number of amides is 3. The molecule has 1 saturated heterocycles. The molecule has 1 fully saturated rings. The number of para-hydroxylation sites is 1. The molecule has 0 bridgehead atoms. The van der Waals surface area contributed by atoms with E-state index in [2.05, 4.69) is 47.1 Å². The van der Waals surface area contributed by atoms with Crippen molar-refractivity contribution in [2.75, 3.05) is 36.8 Å². The second-order valence-corrected chi connectivity index (χ2v) is 14.0. The van der Waals surface area contributed by atoms with Gasteiger partial charge in [-0.3, -0.25) is 9.59 Å². The molecule has 12 heteroatoms. The van der Waals surface area contributed by atoms with E-state index in [9.17, 15) is 19.5 Å². The fourth-order valence-electron chi connectivity index (χ4n) is 6.07. The molecule has 5 aromatic rings. The molecule has 254 valence electrons. The predicted molar refractivity (Wildman–Crippen MR) is 200 cm³/mol. The quantitative estimate of drug-likeness (QED) is 0.0790. The van der Waals surface area contributed by atoms with Crippen LogP contribution in [0.3, 0.4) is 0 Å². The van der Waals surface area contributed by atoms with Crippen LogP contribution < -0.4 is 26.1 Å². The highest BCUT2D eigenvalue weighted by molar-refractivity contribution is 9.10. The Balaban J connectivity index is 0.891. The van der Waals surface area contributed by atoms with E-state index >= 15 is 0 Å². The van der Waals surface area contributed by atoms with E-state index in [4.69, 9.17) is 0 Å². The number of likely N-dealkylation sites (tertiary alicyclic amines) is 1. The number of hydrogen-bond acceptors (Lipinski definition) is 7. The number of fused-ring (bicyclic) bond motifs is 1. The molecule has 0 saturated carbocycles. The lowest BCUT2D eigenvalue weighted by molar-refractivity contribution is -0.116. The summed E-state index contributed by atoms with van der Waals surface area (Å²) in [5.41, 5.74) is 6.10. The van der Waals surface area contributed by atoms with Crippen LogP contribution in [0, 0.1) is 0 Å². The number of nitrogens with one attached hydrogen (secondary N) is 5. The zero-order valence-electron chi connectivity index (χ0n) is 26.9. The van der Waals surface area contributed by atoms with Gasteiger partial charge in [-0.25, -0.2) is 4.79 Å². The number of anilines is 2. The molecule has 0 radical (unpaired) electrons. The SMILES string of the molecule is O=C(CCN1CCC(NC(=O)Nc2ccccc2-c2ccccc2)CC1)Nc1ccc(CNCCc2ccc(O)c3[nH]c(=O)sc23)cc1Br. The minimum atomic E-state index is -0.207. The van der Waals surface area contributed by atoms with Gasteiger partial charge < -0.3 is 36.3 Å². The van der Waals surface area contributed by atoms with Crippen molar-refractivity contribution in [3.8, 4) is 16.9 Å². The Labute approximate surface area is 297 Å². The van der Waals surface area contributed by atoms with Gasteiger partial charge in [-0.15, -0.1) is 0 Å². The summed E-state index contributed by atoms with van der Waals surface area (Å²) in [4.78, 5) is 42.2. The topological polar surface area (TPSA) is 139 Å². The first-order chi connectivity index (χ1) is 23.8. The number of urea groups is 1. The second-order valence-electron chi connectivity index (χ2n) is 12.1. The van der Waals surface area contributed by atoms with Gasteiger partial charge in [0.05, 0.1) is 16.1 Å². The van der Waals surface area contributed by atoms with E-state index in [-0.39, 0.29) is 28.6 Å². The first-order valence-electron chi connectivity index (χ1n) is 16.4. The summed E-state index contributed by atoms with van der Waals surface area (Å²) in [6.07, 6.45) is 2.74. The van der Waals surface area contributed by atoms with Crippen molar-refractivity contribution >= 4 is 60.8 Å². The largest absolute Gasteiger partial charge is 0.506 e. The van der Waals surface area contributed by atoms with Crippen LogP contribution in [0.15, 0.2) is 94.2 Å². The van der Waals surface area contributed by atoms with Crippen LogP contribution in [0.1, 0.15) is 30.4 Å². The number of aromatic nitrogens is 1. The van der Waals surface area contributed by atoms with Crippen molar-refractivity contribution < 1.29 is 14.7 Å². The number of aromatic amines is 1. The fourth-order valence-corrected chi connectivity index (χ4v) is 7.50. The summed E-state index contributed by atoms with van der Waals surface area (Å²) < 4.78 is 1.60. The average molecular weight is 744 g/mol. The summed E-state index contributed by atoms with van der Waals surface area (Å²) >= 11 is 4.71. The maximum absolute atomic E-state index is 12.8. The number of thiazole rings is 1. The molecule has 0 unspecified atom stereocenters. The van der Waals surface area contributed by atoms with Crippen molar-refractivity contribution in [1.82, 2.24) is 20.5 Å². The van der Waals surface area contributed by atoms with Crippen molar-refractivity contribution in [3.63, 3.8) is 0 Å². The average Bonchev–Trinajstić information content (AvgIpc) is 3.51. The molecule has 6 rings (SSSR count). The Morgan fingerprint density at radius 2 is 1.71 bits per heavy atom. The van der Waals surface area contributed by atoms with E-state index in [0.29, 0.717) is 38.0 Å². The summed E-state index contributed by atoms with van der Waals surface area (Å²) in [6.45, 7) is 3.62. The van der Waals surface area contributed by atoms with Crippen LogP contribution in [0.4, 0.5) is 16.2 Å². The number of halogens is 1. The molecule has 49 heavy (non-hydrogen) atoms. The van der Waals surface area contributed by atoms with Gasteiger partial charge in [0.2, 0.25) is 5.91 Å². The lowest BCUT2D eigenvalue weighted by Gasteiger charge is -2.32. The Morgan fingerprint density at radius 3 is 2.51 bits per heavy atom. The normalized spacial score (nSPS) is 13.7. The molecule has 2 heterocycles. The van der Waals surface area contributed by atoms with Gasteiger partial charge in [0, 0.05) is 48.7 Å². The third-order valence-corrected chi connectivity index (χ3v) is 10.3. The smallest absolute Gasteiger partial charge is 0.319 e. The van der Waals surface area contributed by atoms with Crippen LogP contribution >= 0.6 is 27.3 Å². The van der Waals surface area contributed by atoms with Crippen molar-refractivity contribution in [2.45, 2.75) is 38.3 Å². The van der Waals surface area contributed by atoms with Crippen LogP contribution in [0.5, 0.6) is 5.75 Å². The number of hydrogen-bond donors (Lipinski definition) is 6. The van der Waals surface area contributed by atoms with E-state index in [0.717, 1.165) is 80.1 Å². The molecule has 10 nitrogen and oxygen atoms in total. The third kappa shape index (κ3) is 9.15. The molecule has 6 N–H and O–H groups in total. The number of carbonyl (C=O) groups is 2. The maximum atomic E-state index is 12.8. The number of benzene rings is 4. The molecular weight excluding hydrogens is 704 g/mol. The Hall–Kier alpha value is -4.49. The summed E-state index contributed by atoms with van der Waals surface area (Å²) in [6, 6.07) is 27.0. The predicted octanol–water partition coefficient (Wildman–Crippen LogP) is 6.67. The van der Waals surface area contributed by atoms with Crippen molar-refractivity contribution in [3.05, 3.63) is 110 Å². The fraction of sp³-hybridized carbons (Fsp3) is 0.270. The van der Waals surface area contributed by atoms with Gasteiger partial charge in [-0.1, -0.05) is 72.0 Å². The molecular formula is C37H39BrN6O4S. The molecule has 0 atom stereocenters. The monoisotopic (exact) mass is 742 g/mol. The van der Waals surface area contributed by atoms with Gasteiger partial charge >= 0.3 is 10.9 Å². The number of piperidine rings is 1. The number of phenols is 1. The lowest BCUT2D eigenvalue weighted by atomic mass is 10.0. The standard InChI is InChI=1S/C37H39BrN6O4S/c38-29-22-24(23-39-18-14-26-11-13-32(45)34-35(26)49-37(48)43-34)10-12-31(29)41-33(46)17-21-44-19-15-27(16-20-44)40-36(47)42-30-9-5-4-8-28(30)25-6-2-1-3-7-25/h1-13,22,27,39,45H,14-21,23H2,(H,41,46)(H,43,48)(H2,40,42,47). The van der Waals surface area contributed by atoms with Crippen LogP contribution in [0.25, 0.3) is 21.3 Å². The Morgan fingerprint density at radius 1 is 0.939 bits per heavy atom. The molecule has 1 aliphatic heterocycles. The molecule has 0 spiro atoms. The Bertz CT molecular complexity index is 1970. The van der Waals surface area contributed by atoms with E-state index < -0.39 is 0 Å². The highest BCUT2D eigenvalue weighted by Gasteiger charge is 2.22. The Kier molecular flexibility index (Phi) is 11.4. The number of nitrogens with zero attached hydrogens (tertiary/aromatic N) is 1. The van der Waals surface area contributed by atoms with E-state index in [1.807, 2.05) is 78.9 Å². The first-order valence-corrected chi connectivity index (χ1v) is 18.0. The van der Waals surface area contributed by atoms with Crippen LogP contribution in [-0.2, 0) is 17.8 Å². The number of rotatable bonds is 12. The number of aromatic hydroxyl groups is 1. The number of H-pyrrole nitrogens is 1. The zero-order chi connectivity index (χ0) is 34.2. The molecule has 1 aromatic heterocycles. The molecule has 4 aromatic carbocycles. The molecule has 0 aliphatic carbocycles. The summed E-state index contributed by atoms with van der Waals surface area (Å²) in [7, 11) is 0. The number of phenolic OH excluding ortho intramolecular Hbond substituents is 1. The highest BCUT2D eigenvalue weighted by Crippen LogP contribution is 2.29. The first kappa shape index (κ1) is 34.4. The summed E-state index contributed by atoms with van der Waals surface area (Å²) in [5, 5.41) is 22.6. The summed E-state index contributed by atoms with van der Waals surface area (Å²) in [5.74, 6) is 0.0375. The molecule has 1 aliphatic rings. The third-order valence-electron chi connectivity index (χ3n) is 8.68. The zero-order valence-corrected chi connectivity index (χ0v) is 29.3. The lowest BCUT2D eigenvalue weighted by Crippen LogP contribution is -2.46. The minimum absolute atomic E-state index is 0.0458. The van der Waals surface area contributed by atoms with Gasteiger partial charge in [0.1, 0.15) is 11.3 Å². The van der Waals surface area contributed by atoms with Crippen LogP contribution in [-0.4, -0.2) is 59.1 Å².